The van der Waals surface area contributed by atoms with Crippen molar-refractivity contribution in [1.82, 2.24) is 14.8 Å². The smallest absolute Gasteiger partial charge is 0.167 e. The number of benzene rings is 1. The molecule has 1 saturated heterocycles. The number of carbonyl (C=O) groups excluding carboxylic acids is 1. The molecule has 0 spiro atoms. The molecule has 1 fully saturated rings. The number of ether oxygens (including phenoxy) is 3. The van der Waals surface area contributed by atoms with Crippen molar-refractivity contribution < 1.29 is 19.0 Å². The lowest BCUT2D eigenvalue weighted by Crippen LogP contribution is -2.42. The topological polar surface area (TPSA) is 75.5 Å². The minimum atomic E-state index is -1.05. The van der Waals surface area contributed by atoms with Gasteiger partial charge in [0, 0.05) is 28.6 Å². The van der Waals surface area contributed by atoms with Crippen LogP contribution >= 0.6 is 23.2 Å². The van der Waals surface area contributed by atoms with E-state index in [0.29, 0.717) is 28.6 Å². The lowest BCUT2D eigenvalue weighted by atomic mass is 9.88. The molecule has 3 atom stereocenters. The Morgan fingerprint density at radius 1 is 1.50 bits per heavy atom. The largest absolute Gasteiger partial charge is 0.483 e. The predicted octanol–water partition coefficient (Wildman–Crippen LogP) is 2.99. The second-order valence-corrected chi connectivity index (χ2v) is 6.55. The maximum absolute atomic E-state index is 10.7. The van der Waals surface area contributed by atoms with Gasteiger partial charge in [0.1, 0.15) is 18.8 Å². The van der Waals surface area contributed by atoms with Crippen molar-refractivity contribution in [2.75, 3.05) is 6.61 Å². The minimum absolute atomic E-state index is 0.259. The Labute approximate surface area is 160 Å². The summed E-state index contributed by atoms with van der Waals surface area (Å²) in [5.41, 5.74) is -0.395. The first-order valence-corrected chi connectivity index (χ1v) is 8.77. The molecule has 1 aromatic carbocycles. The Morgan fingerprint density at radius 2 is 2.35 bits per heavy atom. The van der Waals surface area contributed by atoms with E-state index in [2.05, 4.69) is 10.1 Å². The van der Waals surface area contributed by atoms with Gasteiger partial charge in [-0.25, -0.2) is 14.5 Å². The van der Waals surface area contributed by atoms with E-state index < -0.39 is 18.0 Å². The molecule has 2 aromatic rings. The van der Waals surface area contributed by atoms with Crippen LogP contribution in [0.25, 0.3) is 0 Å². The summed E-state index contributed by atoms with van der Waals surface area (Å²) in [4.78, 5) is 14.7. The van der Waals surface area contributed by atoms with Crippen molar-refractivity contribution in [2.45, 2.75) is 37.9 Å². The molecule has 7 nitrogen and oxygen atoms in total. The van der Waals surface area contributed by atoms with Crippen LogP contribution in [-0.2, 0) is 31.2 Å². The molecule has 3 unspecified atom stereocenters. The van der Waals surface area contributed by atoms with Gasteiger partial charge in [0.05, 0.1) is 6.54 Å². The third kappa shape index (κ3) is 3.77. The van der Waals surface area contributed by atoms with Crippen molar-refractivity contribution in [1.29, 1.82) is 0 Å². The number of hydrogen-bond donors (Lipinski definition) is 0. The minimum Gasteiger partial charge on any atom is -0.483 e. The summed E-state index contributed by atoms with van der Waals surface area (Å²) in [6.45, 7) is 2.60. The summed E-state index contributed by atoms with van der Waals surface area (Å²) >= 11 is 12.5. The Kier molecular flexibility index (Phi) is 5.96. The molecule has 2 heterocycles. The number of aromatic nitrogens is 3. The van der Waals surface area contributed by atoms with Gasteiger partial charge in [-0.1, -0.05) is 29.3 Å². The van der Waals surface area contributed by atoms with E-state index in [9.17, 15) is 4.79 Å². The van der Waals surface area contributed by atoms with E-state index in [-0.39, 0.29) is 6.54 Å². The zero-order valence-electron chi connectivity index (χ0n) is 14.0. The third-order valence-corrected chi connectivity index (χ3v) is 4.70. The van der Waals surface area contributed by atoms with E-state index in [4.69, 9.17) is 37.4 Å². The van der Waals surface area contributed by atoms with Crippen molar-refractivity contribution in [3.05, 3.63) is 52.7 Å². The van der Waals surface area contributed by atoms with Crippen molar-refractivity contribution in [2.24, 2.45) is 0 Å². The number of halogens is 2. The van der Waals surface area contributed by atoms with Crippen molar-refractivity contribution >= 4 is 29.1 Å². The van der Waals surface area contributed by atoms with E-state index >= 15 is 0 Å². The molecule has 138 valence electrons. The van der Waals surface area contributed by atoms with Gasteiger partial charge in [-0.15, -0.1) is 0 Å². The van der Waals surface area contributed by atoms with E-state index in [1.165, 1.54) is 6.33 Å². The van der Waals surface area contributed by atoms with Crippen LogP contribution in [0, 0.1) is 0 Å². The Balaban J connectivity index is 2.09. The standard InChI is InChI=1S/C17H17Cl2N3O4/c1-2-24-16-8-15(25-6-5-23)17(26-16,9-22-11-20-10-21-22)13-4-3-12(18)7-14(13)19/h3-4,6-7,10-11,15-16H,2,8-9H2,1H3. The molecule has 9 heteroatoms. The molecule has 26 heavy (non-hydrogen) atoms. The zero-order valence-corrected chi connectivity index (χ0v) is 15.5. The molecular formula is C17H17Cl2N3O4. The van der Waals surface area contributed by atoms with Crippen LogP contribution in [0.2, 0.25) is 10.0 Å². The summed E-state index contributed by atoms with van der Waals surface area (Å²) in [5, 5.41) is 5.07. The summed E-state index contributed by atoms with van der Waals surface area (Å²) in [5.74, 6) is 1.63. The Hall–Kier alpha value is -1.89. The Morgan fingerprint density at radius 3 is 3.00 bits per heavy atom. The highest BCUT2D eigenvalue weighted by atomic mass is 35.5. The van der Waals surface area contributed by atoms with Crippen LogP contribution < -0.4 is 0 Å². The second kappa shape index (κ2) is 8.20. The third-order valence-electron chi connectivity index (χ3n) is 4.15. The summed E-state index contributed by atoms with van der Waals surface area (Å²) in [6, 6.07) is 5.12. The summed E-state index contributed by atoms with van der Waals surface area (Å²) in [6.07, 6.45) is 3.29. The fourth-order valence-electron chi connectivity index (χ4n) is 3.14. The maximum atomic E-state index is 10.7. The molecule has 3 rings (SSSR count). The maximum Gasteiger partial charge on any atom is 0.167 e. The SMILES string of the molecule is CCOC1CC(OC=C=O)C(Cn2cncn2)(c2ccc(Cl)cc2Cl)O1. The van der Waals surface area contributed by atoms with Crippen LogP contribution in [0.1, 0.15) is 18.9 Å². The molecular weight excluding hydrogens is 381 g/mol. The molecule has 0 amide bonds. The highest BCUT2D eigenvalue weighted by Gasteiger charge is 2.53. The molecule has 0 saturated carbocycles. The Bertz CT molecular complexity index is 795. The van der Waals surface area contributed by atoms with Crippen LogP contribution in [-0.4, -0.2) is 39.7 Å². The van der Waals surface area contributed by atoms with Crippen molar-refractivity contribution in [3.63, 3.8) is 0 Å². The van der Waals surface area contributed by atoms with Gasteiger partial charge in [-0.05, 0) is 19.1 Å². The molecule has 1 aliphatic rings. The molecule has 1 aromatic heterocycles. The quantitative estimate of drug-likeness (QED) is 0.527. The molecule has 0 aliphatic carbocycles. The predicted molar refractivity (Wildman–Crippen MR) is 94.4 cm³/mol. The fraction of sp³-hybridized carbons (Fsp3) is 0.412. The molecule has 0 N–H and O–H groups in total. The highest BCUT2D eigenvalue weighted by Crippen LogP contribution is 2.46. The van der Waals surface area contributed by atoms with E-state index in [0.717, 1.165) is 6.26 Å². The number of hydrogen-bond acceptors (Lipinski definition) is 6. The average Bonchev–Trinajstić information content (AvgIpc) is 3.22. The lowest BCUT2D eigenvalue weighted by Gasteiger charge is -2.34. The van der Waals surface area contributed by atoms with Gasteiger partial charge in [-0.3, -0.25) is 0 Å². The van der Waals surface area contributed by atoms with E-state index in [1.807, 2.05) is 6.92 Å². The zero-order chi connectivity index (χ0) is 18.6. The van der Waals surface area contributed by atoms with Gasteiger partial charge in [0.15, 0.2) is 24.1 Å². The first kappa shape index (κ1) is 18.9. The monoisotopic (exact) mass is 397 g/mol. The second-order valence-electron chi connectivity index (χ2n) is 5.71. The molecule has 0 radical (unpaired) electrons. The van der Waals surface area contributed by atoms with Crippen LogP contribution in [0.15, 0.2) is 37.1 Å². The van der Waals surface area contributed by atoms with Gasteiger partial charge in [0.25, 0.3) is 0 Å². The normalized spacial score (nSPS) is 25.0. The van der Waals surface area contributed by atoms with Gasteiger partial charge >= 0.3 is 0 Å². The van der Waals surface area contributed by atoms with Crippen LogP contribution in [0.5, 0.6) is 0 Å². The number of rotatable bonds is 7. The average molecular weight is 398 g/mol. The fourth-order valence-corrected chi connectivity index (χ4v) is 3.70. The van der Waals surface area contributed by atoms with E-state index in [1.54, 1.807) is 35.1 Å². The highest BCUT2D eigenvalue weighted by molar-refractivity contribution is 6.35. The van der Waals surface area contributed by atoms with Crippen LogP contribution in [0.4, 0.5) is 0 Å². The van der Waals surface area contributed by atoms with Crippen LogP contribution in [0.3, 0.4) is 0 Å². The molecule has 1 aliphatic heterocycles. The van der Waals surface area contributed by atoms with Gasteiger partial charge < -0.3 is 14.2 Å². The molecule has 0 bridgehead atoms. The summed E-state index contributed by atoms with van der Waals surface area (Å²) < 4.78 is 19.1. The first-order chi connectivity index (χ1) is 12.6. The van der Waals surface area contributed by atoms with Crippen molar-refractivity contribution in [3.8, 4) is 0 Å². The lowest BCUT2D eigenvalue weighted by molar-refractivity contribution is -0.185. The summed E-state index contributed by atoms with van der Waals surface area (Å²) in [7, 11) is 0. The number of nitrogens with zero attached hydrogens (tertiary/aromatic N) is 3. The first-order valence-electron chi connectivity index (χ1n) is 8.01. The van der Waals surface area contributed by atoms with Gasteiger partial charge in [0.2, 0.25) is 0 Å². The van der Waals surface area contributed by atoms with Gasteiger partial charge in [-0.2, -0.15) is 5.10 Å².